The maximum absolute atomic E-state index is 11.9. The molecule has 0 bridgehead atoms. The molecule has 0 atom stereocenters. The van der Waals surface area contributed by atoms with E-state index in [9.17, 15) is 4.79 Å². The molecule has 7 heteroatoms. The maximum atomic E-state index is 11.9. The zero-order valence-electron chi connectivity index (χ0n) is 13.8. The Morgan fingerprint density at radius 1 is 1.08 bits per heavy atom. The van der Waals surface area contributed by atoms with Crippen LogP contribution in [-0.4, -0.2) is 29.0 Å². The van der Waals surface area contributed by atoms with Crippen molar-refractivity contribution in [1.29, 1.82) is 0 Å². The average Bonchev–Trinajstić information content (AvgIpc) is 3.38. The van der Waals surface area contributed by atoms with Crippen LogP contribution in [0.4, 0.5) is 5.82 Å². The number of hydrogen-bond acceptors (Lipinski definition) is 6. The summed E-state index contributed by atoms with van der Waals surface area (Å²) in [6.45, 7) is 0.988. The highest BCUT2D eigenvalue weighted by atomic mass is 32.1. The van der Waals surface area contributed by atoms with E-state index < -0.39 is 0 Å². The number of nitrogens with zero attached hydrogens (tertiary/aromatic N) is 2. The summed E-state index contributed by atoms with van der Waals surface area (Å²) >= 11 is 1.61. The van der Waals surface area contributed by atoms with Crippen LogP contribution in [-0.2, 0) is 0 Å². The normalized spacial score (nSPS) is 10.8. The van der Waals surface area contributed by atoms with Crippen molar-refractivity contribution in [3.8, 4) is 11.4 Å². The van der Waals surface area contributed by atoms with Gasteiger partial charge in [0.2, 0.25) is 0 Å². The number of amides is 1. The molecule has 1 amide bonds. The Labute approximate surface area is 153 Å². The van der Waals surface area contributed by atoms with Gasteiger partial charge in [0.15, 0.2) is 11.6 Å². The molecule has 2 N–H and O–H groups in total. The zero-order chi connectivity index (χ0) is 17.8. The van der Waals surface area contributed by atoms with Gasteiger partial charge in [-0.3, -0.25) is 4.79 Å². The van der Waals surface area contributed by atoms with E-state index in [-0.39, 0.29) is 5.91 Å². The van der Waals surface area contributed by atoms with Crippen molar-refractivity contribution in [2.45, 2.75) is 0 Å². The van der Waals surface area contributed by atoms with Crippen molar-refractivity contribution >= 4 is 34.0 Å². The van der Waals surface area contributed by atoms with Crippen molar-refractivity contribution in [3.63, 3.8) is 0 Å². The smallest absolute Gasteiger partial charge is 0.287 e. The summed E-state index contributed by atoms with van der Waals surface area (Å²) in [4.78, 5) is 21.2. The average molecular weight is 364 g/mol. The first-order valence-electron chi connectivity index (χ1n) is 8.16. The fourth-order valence-corrected chi connectivity index (χ4v) is 3.22. The molecule has 0 unspecified atom stereocenters. The maximum Gasteiger partial charge on any atom is 0.287 e. The van der Waals surface area contributed by atoms with Gasteiger partial charge in [-0.15, -0.1) is 0 Å². The largest absolute Gasteiger partial charge is 0.459 e. The number of fused-ring (bicyclic) bond motifs is 1. The molecule has 0 aliphatic carbocycles. The van der Waals surface area contributed by atoms with Gasteiger partial charge in [-0.05, 0) is 35.7 Å². The van der Waals surface area contributed by atoms with Crippen LogP contribution in [0.15, 0.2) is 63.9 Å². The van der Waals surface area contributed by atoms with Crippen molar-refractivity contribution in [2.75, 3.05) is 18.4 Å². The van der Waals surface area contributed by atoms with Gasteiger partial charge in [-0.1, -0.05) is 12.1 Å². The first-order valence-corrected chi connectivity index (χ1v) is 9.10. The lowest BCUT2D eigenvalue weighted by Crippen LogP contribution is -2.28. The number of rotatable bonds is 6. The van der Waals surface area contributed by atoms with E-state index in [2.05, 4.69) is 20.6 Å². The van der Waals surface area contributed by atoms with Gasteiger partial charge in [-0.2, -0.15) is 11.3 Å². The number of para-hydroxylation sites is 1. The number of furan rings is 1. The van der Waals surface area contributed by atoms with E-state index in [4.69, 9.17) is 4.42 Å². The lowest BCUT2D eigenvalue weighted by Gasteiger charge is -2.11. The number of aromatic nitrogens is 2. The summed E-state index contributed by atoms with van der Waals surface area (Å²) < 4.78 is 5.07. The highest BCUT2D eigenvalue weighted by Crippen LogP contribution is 2.25. The standard InChI is InChI=1S/C19H16N4O2S/c24-19(16-6-3-10-25-16)21-9-8-20-18-14-4-1-2-5-15(14)22-17(23-18)13-7-11-26-12-13/h1-7,10-12H,8-9H2,(H,21,24)(H,20,22,23). The van der Waals surface area contributed by atoms with Gasteiger partial charge >= 0.3 is 0 Å². The minimum absolute atomic E-state index is 0.233. The first kappa shape index (κ1) is 16.3. The molecule has 4 aromatic rings. The highest BCUT2D eigenvalue weighted by molar-refractivity contribution is 7.08. The number of nitrogens with one attached hydrogen (secondary N) is 2. The molecule has 0 fully saturated rings. The second-order valence-corrected chi connectivity index (χ2v) is 6.37. The molecule has 26 heavy (non-hydrogen) atoms. The molecule has 0 saturated carbocycles. The third-order valence-corrected chi connectivity index (χ3v) is 4.51. The van der Waals surface area contributed by atoms with Crippen LogP contribution < -0.4 is 10.6 Å². The van der Waals surface area contributed by atoms with Crippen LogP contribution in [0.1, 0.15) is 10.6 Å². The first-order chi connectivity index (χ1) is 12.8. The lowest BCUT2D eigenvalue weighted by molar-refractivity contribution is 0.0927. The third-order valence-electron chi connectivity index (χ3n) is 3.83. The van der Waals surface area contributed by atoms with Crippen LogP contribution >= 0.6 is 11.3 Å². The Kier molecular flexibility index (Phi) is 4.61. The molecule has 1 aromatic carbocycles. The third kappa shape index (κ3) is 3.43. The number of thiophene rings is 1. The molecule has 0 spiro atoms. The van der Waals surface area contributed by atoms with Gasteiger partial charge in [0.25, 0.3) is 5.91 Å². The zero-order valence-corrected chi connectivity index (χ0v) is 14.6. The summed E-state index contributed by atoms with van der Waals surface area (Å²) in [5.41, 5.74) is 1.88. The van der Waals surface area contributed by atoms with E-state index in [1.807, 2.05) is 41.1 Å². The summed E-state index contributed by atoms with van der Waals surface area (Å²) in [7, 11) is 0. The Hall–Kier alpha value is -3.19. The molecule has 4 rings (SSSR count). The van der Waals surface area contributed by atoms with E-state index in [0.717, 1.165) is 22.3 Å². The molecule has 6 nitrogen and oxygen atoms in total. The van der Waals surface area contributed by atoms with E-state index in [1.54, 1.807) is 23.5 Å². The molecule has 130 valence electrons. The molecular weight excluding hydrogens is 348 g/mol. The summed E-state index contributed by atoms with van der Waals surface area (Å²) in [5.74, 6) is 1.51. The second-order valence-electron chi connectivity index (χ2n) is 5.58. The monoisotopic (exact) mass is 364 g/mol. The minimum Gasteiger partial charge on any atom is -0.459 e. The molecular formula is C19H16N4O2S. The Balaban J connectivity index is 1.49. The minimum atomic E-state index is -0.233. The molecule has 3 heterocycles. The van der Waals surface area contributed by atoms with Crippen LogP contribution in [0, 0.1) is 0 Å². The molecule has 0 radical (unpaired) electrons. The summed E-state index contributed by atoms with van der Waals surface area (Å²) in [6.07, 6.45) is 1.48. The molecule has 0 aliphatic heterocycles. The Morgan fingerprint density at radius 2 is 2.00 bits per heavy atom. The molecule has 0 saturated heterocycles. The number of carbonyl (C=O) groups is 1. The summed E-state index contributed by atoms with van der Waals surface area (Å²) in [5, 5.41) is 11.1. The van der Waals surface area contributed by atoms with Gasteiger partial charge in [0.1, 0.15) is 5.82 Å². The molecule has 0 aliphatic rings. The van der Waals surface area contributed by atoms with E-state index in [0.29, 0.717) is 24.7 Å². The van der Waals surface area contributed by atoms with Gasteiger partial charge in [-0.25, -0.2) is 9.97 Å². The van der Waals surface area contributed by atoms with Crippen molar-refractivity contribution in [3.05, 3.63) is 65.2 Å². The topological polar surface area (TPSA) is 80.0 Å². The lowest BCUT2D eigenvalue weighted by atomic mass is 10.2. The SMILES string of the molecule is O=C(NCCNc1nc(-c2ccsc2)nc2ccccc12)c1ccco1. The Morgan fingerprint density at radius 3 is 2.81 bits per heavy atom. The predicted molar refractivity (Wildman–Crippen MR) is 102 cm³/mol. The van der Waals surface area contributed by atoms with Crippen LogP contribution in [0.5, 0.6) is 0 Å². The summed E-state index contributed by atoms with van der Waals surface area (Å²) in [6, 6.07) is 13.2. The highest BCUT2D eigenvalue weighted by Gasteiger charge is 2.10. The van der Waals surface area contributed by atoms with Gasteiger partial charge in [0.05, 0.1) is 11.8 Å². The van der Waals surface area contributed by atoms with Crippen molar-refractivity contribution < 1.29 is 9.21 Å². The van der Waals surface area contributed by atoms with Crippen LogP contribution in [0.3, 0.4) is 0 Å². The fourth-order valence-electron chi connectivity index (χ4n) is 2.58. The number of carbonyl (C=O) groups excluding carboxylic acids is 1. The van der Waals surface area contributed by atoms with Crippen LogP contribution in [0.2, 0.25) is 0 Å². The van der Waals surface area contributed by atoms with Gasteiger partial charge < -0.3 is 15.1 Å². The predicted octanol–water partition coefficient (Wildman–Crippen LogP) is 3.79. The number of benzene rings is 1. The fraction of sp³-hybridized carbons (Fsp3) is 0.105. The second kappa shape index (κ2) is 7.37. The molecule has 3 aromatic heterocycles. The number of hydrogen-bond donors (Lipinski definition) is 2. The van der Waals surface area contributed by atoms with Gasteiger partial charge in [0, 0.05) is 29.4 Å². The van der Waals surface area contributed by atoms with Crippen molar-refractivity contribution in [2.24, 2.45) is 0 Å². The van der Waals surface area contributed by atoms with Crippen LogP contribution in [0.25, 0.3) is 22.3 Å². The van der Waals surface area contributed by atoms with Crippen molar-refractivity contribution in [1.82, 2.24) is 15.3 Å². The van der Waals surface area contributed by atoms with E-state index >= 15 is 0 Å². The van der Waals surface area contributed by atoms with E-state index in [1.165, 1.54) is 6.26 Å². The quantitative estimate of drug-likeness (QED) is 0.509. The number of anilines is 1. The Bertz CT molecular complexity index is 1010.